The number of nitrogens with zero attached hydrogens (tertiary/aromatic N) is 1. The van der Waals surface area contributed by atoms with Gasteiger partial charge in [-0.05, 0) is 69.9 Å². The maximum absolute atomic E-state index is 3.80. The molecule has 18 heavy (non-hydrogen) atoms. The van der Waals surface area contributed by atoms with E-state index in [1.165, 1.54) is 58.0 Å². The molecule has 1 saturated heterocycles. The van der Waals surface area contributed by atoms with Gasteiger partial charge in [0.1, 0.15) is 0 Å². The summed E-state index contributed by atoms with van der Waals surface area (Å²) in [4.78, 5) is 2.67. The first-order valence-electron chi connectivity index (χ1n) is 8.17. The Morgan fingerprint density at radius 1 is 1.06 bits per heavy atom. The van der Waals surface area contributed by atoms with Gasteiger partial charge in [-0.25, -0.2) is 0 Å². The van der Waals surface area contributed by atoms with Crippen LogP contribution in [0.4, 0.5) is 0 Å². The first-order chi connectivity index (χ1) is 8.74. The maximum Gasteiger partial charge on any atom is 0.0226 e. The standard InChI is InChI=1S/C16H30N2/c1-12-6-8-14(9-7-12)18(2)11-16-15-5-3-4-13(15)10-17-16/h12-17H,3-11H2,1-2H3. The zero-order valence-electron chi connectivity index (χ0n) is 12.2. The van der Waals surface area contributed by atoms with Crippen LogP contribution in [0.5, 0.6) is 0 Å². The summed E-state index contributed by atoms with van der Waals surface area (Å²) in [7, 11) is 2.37. The summed E-state index contributed by atoms with van der Waals surface area (Å²) >= 11 is 0. The van der Waals surface area contributed by atoms with Gasteiger partial charge in [0.2, 0.25) is 0 Å². The molecule has 0 aromatic rings. The average molecular weight is 250 g/mol. The van der Waals surface area contributed by atoms with Gasteiger partial charge in [-0.2, -0.15) is 0 Å². The third-order valence-corrected chi connectivity index (χ3v) is 5.97. The monoisotopic (exact) mass is 250 g/mol. The fourth-order valence-electron chi connectivity index (χ4n) is 4.65. The van der Waals surface area contributed by atoms with E-state index in [0.29, 0.717) is 0 Å². The second kappa shape index (κ2) is 5.50. The van der Waals surface area contributed by atoms with Crippen LogP contribution in [0.3, 0.4) is 0 Å². The van der Waals surface area contributed by atoms with Gasteiger partial charge in [0.25, 0.3) is 0 Å². The summed E-state index contributed by atoms with van der Waals surface area (Å²) in [6.45, 7) is 5.00. The van der Waals surface area contributed by atoms with Gasteiger partial charge in [-0.3, -0.25) is 0 Å². The highest BCUT2D eigenvalue weighted by Gasteiger charge is 2.39. The molecule has 2 heteroatoms. The van der Waals surface area contributed by atoms with Gasteiger partial charge in [0.05, 0.1) is 0 Å². The minimum atomic E-state index is 0.793. The molecule has 3 rings (SSSR count). The molecule has 3 unspecified atom stereocenters. The van der Waals surface area contributed by atoms with Crippen molar-refractivity contribution < 1.29 is 0 Å². The van der Waals surface area contributed by atoms with E-state index in [1.807, 2.05) is 0 Å². The van der Waals surface area contributed by atoms with Crippen LogP contribution in [0.15, 0.2) is 0 Å². The maximum atomic E-state index is 3.80. The zero-order valence-corrected chi connectivity index (χ0v) is 12.2. The molecule has 0 spiro atoms. The molecule has 1 heterocycles. The Bertz CT molecular complexity index is 270. The Labute approximate surface area is 113 Å². The highest BCUT2D eigenvalue weighted by Crippen LogP contribution is 2.38. The Hall–Kier alpha value is -0.0800. The summed E-state index contributed by atoms with van der Waals surface area (Å²) in [5.74, 6) is 2.98. The lowest BCUT2D eigenvalue weighted by molar-refractivity contribution is 0.150. The van der Waals surface area contributed by atoms with E-state index in [0.717, 1.165) is 29.8 Å². The molecule has 2 aliphatic carbocycles. The van der Waals surface area contributed by atoms with Crippen molar-refractivity contribution in [3.05, 3.63) is 0 Å². The Morgan fingerprint density at radius 2 is 1.83 bits per heavy atom. The van der Waals surface area contributed by atoms with Crippen molar-refractivity contribution in [3.63, 3.8) is 0 Å². The van der Waals surface area contributed by atoms with Gasteiger partial charge in [-0.15, -0.1) is 0 Å². The molecule has 0 radical (unpaired) electrons. The van der Waals surface area contributed by atoms with Crippen LogP contribution in [0.2, 0.25) is 0 Å². The zero-order chi connectivity index (χ0) is 12.5. The fourth-order valence-corrected chi connectivity index (χ4v) is 4.65. The molecule has 0 bridgehead atoms. The van der Waals surface area contributed by atoms with Crippen molar-refractivity contribution in [3.8, 4) is 0 Å². The molecule has 104 valence electrons. The van der Waals surface area contributed by atoms with Crippen LogP contribution < -0.4 is 5.32 Å². The van der Waals surface area contributed by atoms with Gasteiger partial charge in [0, 0.05) is 18.6 Å². The van der Waals surface area contributed by atoms with Gasteiger partial charge < -0.3 is 10.2 Å². The second-order valence-electron chi connectivity index (χ2n) is 7.22. The van der Waals surface area contributed by atoms with E-state index in [2.05, 4.69) is 24.2 Å². The van der Waals surface area contributed by atoms with Crippen molar-refractivity contribution >= 4 is 0 Å². The third-order valence-electron chi connectivity index (χ3n) is 5.97. The average Bonchev–Trinajstić information content (AvgIpc) is 2.95. The van der Waals surface area contributed by atoms with Crippen molar-refractivity contribution in [2.24, 2.45) is 17.8 Å². The second-order valence-corrected chi connectivity index (χ2v) is 7.22. The summed E-state index contributed by atoms with van der Waals surface area (Å²) in [6.07, 6.45) is 10.2. The minimum absolute atomic E-state index is 0.793. The van der Waals surface area contributed by atoms with Gasteiger partial charge in [-0.1, -0.05) is 13.3 Å². The van der Waals surface area contributed by atoms with Crippen LogP contribution in [0.25, 0.3) is 0 Å². The van der Waals surface area contributed by atoms with E-state index >= 15 is 0 Å². The molecule has 0 aromatic heterocycles. The Balaban J connectivity index is 1.50. The number of likely N-dealkylation sites (N-methyl/N-ethyl adjacent to an activating group) is 1. The van der Waals surface area contributed by atoms with Crippen molar-refractivity contribution in [2.75, 3.05) is 20.1 Å². The summed E-state index contributed by atoms with van der Waals surface area (Å²) in [5, 5.41) is 3.80. The molecule has 1 N–H and O–H groups in total. The molecule has 3 fully saturated rings. The van der Waals surface area contributed by atoms with Crippen LogP contribution in [0, 0.1) is 17.8 Å². The lowest BCUT2D eigenvalue weighted by Gasteiger charge is -2.36. The fraction of sp³-hybridized carbons (Fsp3) is 1.00. The van der Waals surface area contributed by atoms with E-state index in [9.17, 15) is 0 Å². The van der Waals surface area contributed by atoms with Crippen molar-refractivity contribution in [1.82, 2.24) is 10.2 Å². The molecule has 1 aliphatic heterocycles. The van der Waals surface area contributed by atoms with Gasteiger partial charge >= 0.3 is 0 Å². The van der Waals surface area contributed by atoms with Crippen molar-refractivity contribution in [1.29, 1.82) is 0 Å². The topological polar surface area (TPSA) is 15.3 Å². The van der Waals surface area contributed by atoms with E-state index < -0.39 is 0 Å². The minimum Gasteiger partial charge on any atom is -0.312 e. The quantitative estimate of drug-likeness (QED) is 0.828. The number of fused-ring (bicyclic) bond motifs is 1. The Morgan fingerprint density at radius 3 is 2.61 bits per heavy atom. The summed E-state index contributed by atoms with van der Waals surface area (Å²) < 4.78 is 0. The highest BCUT2D eigenvalue weighted by molar-refractivity contribution is 4.95. The number of nitrogens with one attached hydrogen (secondary N) is 1. The smallest absolute Gasteiger partial charge is 0.0226 e. The van der Waals surface area contributed by atoms with Crippen LogP contribution in [-0.2, 0) is 0 Å². The largest absolute Gasteiger partial charge is 0.312 e. The predicted molar refractivity (Wildman–Crippen MR) is 76.7 cm³/mol. The molecular weight excluding hydrogens is 220 g/mol. The Kier molecular flexibility index (Phi) is 3.95. The summed E-state index contributed by atoms with van der Waals surface area (Å²) in [6, 6.07) is 1.66. The highest BCUT2D eigenvalue weighted by atomic mass is 15.2. The van der Waals surface area contributed by atoms with Crippen LogP contribution >= 0.6 is 0 Å². The molecule has 2 nitrogen and oxygen atoms in total. The number of hydrogen-bond acceptors (Lipinski definition) is 2. The normalized spacial score (nSPS) is 44.5. The molecule has 3 aliphatic rings. The summed E-state index contributed by atoms with van der Waals surface area (Å²) in [5.41, 5.74) is 0. The first kappa shape index (κ1) is 12.9. The third kappa shape index (κ3) is 2.60. The van der Waals surface area contributed by atoms with E-state index in [1.54, 1.807) is 0 Å². The SMILES string of the molecule is CC1CCC(N(C)CC2NCC3CCCC32)CC1. The molecule has 0 aromatic carbocycles. The van der Waals surface area contributed by atoms with Crippen LogP contribution in [-0.4, -0.2) is 37.1 Å². The number of hydrogen-bond donors (Lipinski definition) is 1. The molecule has 0 amide bonds. The van der Waals surface area contributed by atoms with Crippen LogP contribution in [0.1, 0.15) is 51.9 Å². The number of rotatable bonds is 3. The first-order valence-corrected chi connectivity index (χ1v) is 8.17. The molecular formula is C16H30N2. The van der Waals surface area contributed by atoms with Crippen molar-refractivity contribution in [2.45, 2.75) is 64.0 Å². The lowest BCUT2D eigenvalue weighted by Crippen LogP contribution is -2.44. The van der Waals surface area contributed by atoms with E-state index in [4.69, 9.17) is 0 Å². The van der Waals surface area contributed by atoms with Gasteiger partial charge in [0.15, 0.2) is 0 Å². The lowest BCUT2D eigenvalue weighted by atomic mass is 9.86. The predicted octanol–water partition coefficient (Wildman–Crippen LogP) is 2.89. The molecule has 3 atom stereocenters. The molecule has 2 saturated carbocycles. The van der Waals surface area contributed by atoms with E-state index in [-0.39, 0.29) is 0 Å².